The van der Waals surface area contributed by atoms with Crippen molar-refractivity contribution >= 4 is 28.6 Å². The average Bonchev–Trinajstić information content (AvgIpc) is 3.14. The van der Waals surface area contributed by atoms with Gasteiger partial charge in [0, 0.05) is 23.9 Å². The van der Waals surface area contributed by atoms with Crippen molar-refractivity contribution in [2.45, 2.75) is 32.4 Å². The van der Waals surface area contributed by atoms with Crippen LogP contribution in [0.1, 0.15) is 45.3 Å². The molecular formula is C15H18N2O2S2. The molecule has 0 saturated heterocycles. The van der Waals surface area contributed by atoms with E-state index >= 15 is 0 Å². The molecule has 0 aliphatic carbocycles. The number of thiazole rings is 1. The molecular weight excluding hydrogens is 304 g/mol. The fourth-order valence-corrected chi connectivity index (χ4v) is 4.49. The summed E-state index contributed by atoms with van der Waals surface area (Å²) in [5.41, 5.74) is 1.86. The molecule has 21 heavy (non-hydrogen) atoms. The van der Waals surface area contributed by atoms with Gasteiger partial charge in [0.15, 0.2) is 0 Å². The first-order valence-electron chi connectivity index (χ1n) is 7.05. The Morgan fingerprint density at radius 2 is 2.38 bits per heavy atom. The molecule has 112 valence electrons. The number of methoxy groups -OCH3 is 1. The molecule has 0 aromatic carbocycles. The fourth-order valence-electron chi connectivity index (χ4n) is 2.83. The summed E-state index contributed by atoms with van der Waals surface area (Å²) in [6, 6.07) is 2.34. The quantitative estimate of drug-likeness (QED) is 0.865. The van der Waals surface area contributed by atoms with Gasteiger partial charge in [0.1, 0.15) is 10.7 Å². The van der Waals surface area contributed by atoms with Crippen LogP contribution < -0.4 is 0 Å². The number of carbonyl (C=O) groups excluding carboxylic acids is 1. The normalized spacial score (nSPS) is 17.8. The van der Waals surface area contributed by atoms with Gasteiger partial charge in [0.05, 0.1) is 12.6 Å². The van der Waals surface area contributed by atoms with Gasteiger partial charge >= 0.3 is 0 Å². The highest BCUT2D eigenvalue weighted by Crippen LogP contribution is 2.36. The van der Waals surface area contributed by atoms with Crippen molar-refractivity contribution in [2.75, 3.05) is 13.7 Å². The van der Waals surface area contributed by atoms with Crippen LogP contribution in [0.25, 0.3) is 0 Å². The summed E-state index contributed by atoms with van der Waals surface area (Å²) in [7, 11) is 1.64. The first-order valence-corrected chi connectivity index (χ1v) is 8.81. The maximum absolute atomic E-state index is 12.8. The Bertz CT molecular complexity index is 635. The minimum absolute atomic E-state index is 0.0392. The summed E-state index contributed by atoms with van der Waals surface area (Å²) in [5, 5.41) is 4.81. The zero-order valence-corrected chi connectivity index (χ0v) is 13.8. The van der Waals surface area contributed by atoms with Crippen molar-refractivity contribution in [3.63, 3.8) is 0 Å². The van der Waals surface area contributed by atoms with E-state index in [4.69, 9.17) is 4.74 Å². The third-order valence-electron chi connectivity index (χ3n) is 3.78. The molecule has 1 amide bonds. The summed E-state index contributed by atoms with van der Waals surface area (Å²) >= 11 is 3.28. The van der Waals surface area contributed by atoms with Crippen LogP contribution in [-0.4, -0.2) is 29.4 Å². The molecule has 0 fully saturated rings. The SMILES string of the molecule is CC[C@H]1c2ccsc2CCN1C(=O)c1csc(COC)n1. The molecule has 3 rings (SSSR count). The Balaban J connectivity index is 1.83. The van der Waals surface area contributed by atoms with Crippen molar-refractivity contribution in [1.29, 1.82) is 0 Å². The third kappa shape index (κ3) is 2.75. The van der Waals surface area contributed by atoms with E-state index in [0.29, 0.717) is 12.3 Å². The average molecular weight is 322 g/mol. The van der Waals surface area contributed by atoms with Gasteiger partial charge in [-0.05, 0) is 29.9 Å². The van der Waals surface area contributed by atoms with Crippen LogP contribution in [0.5, 0.6) is 0 Å². The first-order chi connectivity index (χ1) is 10.2. The first kappa shape index (κ1) is 14.7. The van der Waals surface area contributed by atoms with Gasteiger partial charge in [-0.2, -0.15) is 0 Å². The lowest BCUT2D eigenvalue weighted by Gasteiger charge is -2.35. The second-order valence-electron chi connectivity index (χ2n) is 5.03. The molecule has 3 heterocycles. The van der Waals surface area contributed by atoms with E-state index in [0.717, 1.165) is 24.4 Å². The lowest BCUT2D eigenvalue weighted by Crippen LogP contribution is -2.39. The second kappa shape index (κ2) is 6.25. The second-order valence-corrected chi connectivity index (χ2v) is 6.97. The van der Waals surface area contributed by atoms with E-state index in [-0.39, 0.29) is 11.9 Å². The van der Waals surface area contributed by atoms with Gasteiger partial charge < -0.3 is 9.64 Å². The van der Waals surface area contributed by atoms with E-state index in [1.165, 1.54) is 21.8 Å². The maximum atomic E-state index is 12.8. The minimum atomic E-state index is 0.0392. The molecule has 0 saturated carbocycles. The molecule has 1 aliphatic rings. The Kier molecular flexibility index (Phi) is 4.37. The van der Waals surface area contributed by atoms with Crippen LogP contribution in [-0.2, 0) is 17.8 Å². The molecule has 0 spiro atoms. The number of hydrogen-bond donors (Lipinski definition) is 0. The van der Waals surface area contributed by atoms with Crippen LogP contribution in [0.4, 0.5) is 0 Å². The number of nitrogens with zero attached hydrogens (tertiary/aromatic N) is 2. The van der Waals surface area contributed by atoms with Gasteiger partial charge in [-0.1, -0.05) is 6.92 Å². The van der Waals surface area contributed by atoms with Crippen molar-refractivity contribution in [2.24, 2.45) is 0 Å². The molecule has 0 unspecified atom stereocenters. The molecule has 6 heteroatoms. The van der Waals surface area contributed by atoms with Crippen LogP contribution >= 0.6 is 22.7 Å². The molecule has 0 N–H and O–H groups in total. The van der Waals surface area contributed by atoms with E-state index in [1.807, 2.05) is 10.3 Å². The molecule has 1 atom stereocenters. The Morgan fingerprint density at radius 3 is 3.14 bits per heavy atom. The zero-order valence-electron chi connectivity index (χ0n) is 12.2. The number of carbonyl (C=O) groups is 1. The van der Waals surface area contributed by atoms with Crippen molar-refractivity contribution in [3.8, 4) is 0 Å². The highest BCUT2D eigenvalue weighted by molar-refractivity contribution is 7.10. The number of hydrogen-bond acceptors (Lipinski definition) is 5. The fraction of sp³-hybridized carbons (Fsp3) is 0.467. The number of aromatic nitrogens is 1. The van der Waals surface area contributed by atoms with Gasteiger partial charge in [-0.3, -0.25) is 4.79 Å². The third-order valence-corrected chi connectivity index (χ3v) is 5.60. The summed E-state index contributed by atoms with van der Waals surface area (Å²) in [5.74, 6) is 0.0392. The number of rotatable bonds is 4. The Morgan fingerprint density at radius 1 is 1.52 bits per heavy atom. The summed E-state index contributed by atoms with van der Waals surface area (Å²) in [6.07, 6.45) is 1.88. The molecule has 0 radical (unpaired) electrons. The van der Waals surface area contributed by atoms with Gasteiger partial charge in [-0.25, -0.2) is 4.98 Å². The predicted molar refractivity (Wildman–Crippen MR) is 84.9 cm³/mol. The minimum Gasteiger partial charge on any atom is -0.378 e. The maximum Gasteiger partial charge on any atom is 0.273 e. The van der Waals surface area contributed by atoms with Gasteiger partial charge in [0.2, 0.25) is 0 Å². The number of thiophene rings is 1. The van der Waals surface area contributed by atoms with Crippen LogP contribution in [0, 0.1) is 0 Å². The molecule has 2 aromatic rings. The van der Waals surface area contributed by atoms with E-state index < -0.39 is 0 Å². The van der Waals surface area contributed by atoms with Gasteiger partial charge in [0.25, 0.3) is 5.91 Å². The molecule has 1 aliphatic heterocycles. The van der Waals surface area contributed by atoms with Crippen molar-refractivity contribution < 1.29 is 9.53 Å². The molecule has 0 bridgehead atoms. The topological polar surface area (TPSA) is 42.4 Å². The lowest BCUT2D eigenvalue weighted by molar-refractivity contribution is 0.0651. The predicted octanol–water partition coefficient (Wildman–Crippen LogP) is 3.50. The van der Waals surface area contributed by atoms with Gasteiger partial charge in [-0.15, -0.1) is 22.7 Å². The summed E-state index contributed by atoms with van der Waals surface area (Å²) < 4.78 is 5.07. The standard InChI is InChI=1S/C15H18N2O2S2/c1-3-12-10-5-7-20-13(10)4-6-17(12)15(18)11-9-21-14(16-11)8-19-2/h5,7,9,12H,3-4,6,8H2,1-2H3/t12-/m0/s1. The highest BCUT2D eigenvalue weighted by atomic mass is 32.1. The van der Waals surface area contributed by atoms with Crippen LogP contribution in [0.15, 0.2) is 16.8 Å². The van der Waals surface area contributed by atoms with E-state index in [2.05, 4.69) is 23.4 Å². The zero-order chi connectivity index (χ0) is 14.8. The largest absolute Gasteiger partial charge is 0.378 e. The van der Waals surface area contributed by atoms with E-state index in [1.54, 1.807) is 18.4 Å². The monoisotopic (exact) mass is 322 g/mol. The highest BCUT2D eigenvalue weighted by Gasteiger charge is 2.31. The smallest absolute Gasteiger partial charge is 0.273 e. The number of fused-ring (bicyclic) bond motifs is 1. The Hall–Kier alpha value is -1.24. The molecule has 4 nitrogen and oxygen atoms in total. The van der Waals surface area contributed by atoms with Crippen LogP contribution in [0.2, 0.25) is 0 Å². The van der Waals surface area contributed by atoms with Crippen LogP contribution in [0.3, 0.4) is 0 Å². The van der Waals surface area contributed by atoms with Crippen molar-refractivity contribution in [1.82, 2.24) is 9.88 Å². The summed E-state index contributed by atoms with van der Waals surface area (Å²) in [4.78, 5) is 20.5. The van der Waals surface area contributed by atoms with Crippen molar-refractivity contribution in [3.05, 3.63) is 38.0 Å². The lowest BCUT2D eigenvalue weighted by atomic mass is 9.97. The Labute approximate surface area is 132 Å². The number of ether oxygens (including phenoxy) is 1. The number of amides is 1. The molecule has 2 aromatic heterocycles. The van der Waals surface area contributed by atoms with E-state index in [9.17, 15) is 4.79 Å². The summed E-state index contributed by atoms with van der Waals surface area (Å²) in [6.45, 7) is 3.38.